The summed E-state index contributed by atoms with van der Waals surface area (Å²) in [6, 6.07) is 13.0. The molecule has 2 aromatic carbocycles. The SMILES string of the molecule is Cn1c(C(N)c2ccc(Cl)c(Cl)c2)nc2ccccc21. The summed E-state index contributed by atoms with van der Waals surface area (Å²) in [5, 5.41) is 1.02. The first-order chi connectivity index (χ1) is 9.58. The van der Waals surface area contributed by atoms with Crippen molar-refractivity contribution in [2.45, 2.75) is 6.04 Å². The molecule has 0 aliphatic carbocycles. The van der Waals surface area contributed by atoms with E-state index in [1.807, 2.05) is 41.9 Å². The maximum Gasteiger partial charge on any atom is 0.131 e. The average molecular weight is 306 g/mol. The smallest absolute Gasteiger partial charge is 0.131 e. The van der Waals surface area contributed by atoms with Gasteiger partial charge in [0.2, 0.25) is 0 Å². The van der Waals surface area contributed by atoms with Crippen molar-refractivity contribution in [2.24, 2.45) is 12.8 Å². The molecule has 5 heteroatoms. The van der Waals surface area contributed by atoms with Crippen LogP contribution >= 0.6 is 23.2 Å². The number of aryl methyl sites for hydroxylation is 1. The fraction of sp³-hybridized carbons (Fsp3) is 0.133. The van der Waals surface area contributed by atoms with Crippen LogP contribution in [-0.2, 0) is 7.05 Å². The number of hydrogen-bond donors (Lipinski definition) is 1. The van der Waals surface area contributed by atoms with Gasteiger partial charge in [0.05, 0.1) is 27.1 Å². The fourth-order valence-corrected chi connectivity index (χ4v) is 2.60. The molecule has 102 valence electrons. The lowest BCUT2D eigenvalue weighted by molar-refractivity contribution is 0.728. The minimum absolute atomic E-state index is 0.345. The molecule has 1 atom stereocenters. The Kier molecular flexibility index (Phi) is 3.42. The van der Waals surface area contributed by atoms with Crippen molar-refractivity contribution in [3.8, 4) is 0 Å². The first-order valence-corrected chi connectivity index (χ1v) is 6.95. The quantitative estimate of drug-likeness (QED) is 0.779. The summed E-state index contributed by atoms with van der Waals surface area (Å²) in [7, 11) is 1.96. The molecule has 0 spiro atoms. The second kappa shape index (κ2) is 5.09. The van der Waals surface area contributed by atoms with E-state index < -0.39 is 0 Å². The van der Waals surface area contributed by atoms with Gasteiger partial charge in [-0.2, -0.15) is 0 Å². The number of benzene rings is 2. The van der Waals surface area contributed by atoms with Gasteiger partial charge < -0.3 is 10.3 Å². The highest BCUT2D eigenvalue weighted by Gasteiger charge is 2.17. The van der Waals surface area contributed by atoms with E-state index in [4.69, 9.17) is 28.9 Å². The standard InChI is InChI=1S/C15H13Cl2N3/c1-20-13-5-3-2-4-12(13)19-15(20)14(18)9-6-7-10(16)11(17)8-9/h2-8,14H,18H2,1H3. The highest BCUT2D eigenvalue weighted by atomic mass is 35.5. The molecule has 2 N–H and O–H groups in total. The molecular weight excluding hydrogens is 293 g/mol. The van der Waals surface area contributed by atoms with Crippen LogP contribution in [0.3, 0.4) is 0 Å². The maximum atomic E-state index is 6.31. The Morgan fingerprint density at radius 2 is 1.85 bits per heavy atom. The molecule has 1 heterocycles. The number of para-hydroxylation sites is 2. The summed E-state index contributed by atoms with van der Waals surface area (Å²) < 4.78 is 2.00. The van der Waals surface area contributed by atoms with Gasteiger partial charge in [0.15, 0.2) is 0 Å². The van der Waals surface area contributed by atoms with Crippen LogP contribution in [0.1, 0.15) is 17.4 Å². The van der Waals surface area contributed by atoms with Crippen LogP contribution in [0.5, 0.6) is 0 Å². The third-order valence-electron chi connectivity index (χ3n) is 3.40. The first kappa shape index (κ1) is 13.4. The Balaban J connectivity index is 2.09. The molecule has 3 aromatic rings. The number of fused-ring (bicyclic) bond motifs is 1. The number of aromatic nitrogens is 2. The van der Waals surface area contributed by atoms with Crippen molar-refractivity contribution in [3.63, 3.8) is 0 Å². The van der Waals surface area contributed by atoms with E-state index in [0.717, 1.165) is 22.4 Å². The van der Waals surface area contributed by atoms with Crippen LogP contribution in [0.15, 0.2) is 42.5 Å². The van der Waals surface area contributed by atoms with Crippen LogP contribution in [0, 0.1) is 0 Å². The van der Waals surface area contributed by atoms with Crippen molar-refractivity contribution in [1.82, 2.24) is 9.55 Å². The lowest BCUT2D eigenvalue weighted by Gasteiger charge is -2.13. The van der Waals surface area contributed by atoms with Crippen molar-refractivity contribution in [3.05, 3.63) is 63.9 Å². The van der Waals surface area contributed by atoms with Crippen molar-refractivity contribution in [1.29, 1.82) is 0 Å². The minimum atomic E-state index is -0.345. The second-order valence-corrected chi connectivity index (χ2v) is 5.48. The zero-order valence-corrected chi connectivity index (χ0v) is 12.4. The van der Waals surface area contributed by atoms with E-state index in [-0.39, 0.29) is 6.04 Å². The van der Waals surface area contributed by atoms with Gasteiger partial charge in [-0.1, -0.05) is 41.4 Å². The summed E-state index contributed by atoms with van der Waals surface area (Å²) in [5.74, 6) is 0.796. The average Bonchev–Trinajstić information content (AvgIpc) is 2.79. The van der Waals surface area contributed by atoms with Gasteiger partial charge in [-0.05, 0) is 29.8 Å². The zero-order chi connectivity index (χ0) is 14.3. The highest BCUT2D eigenvalue weighted by molar-refractivity contribution is 6.42. The number of hydrogen-bond acceptors (Lipinski definition) is 2. The van der Waals surface area contributed by atoms with E-state index in [0.29, 0.717) is 10.0 Å². The second-order valence-electron chi connectivity index (χ2n) is 4.67. The van der Waals surface area contributed by atoms with Crippen LogP contribution in [0.25, 0.3) is 11.0 Å². The number of nitrogens with zero attached hydrogens (tertiary/aromatic N) is 2. The molecule has 0 fully saturated rings. The highest BCUT2D eigenvalue weighted by Crippen LogP contribution is 2.28. The van der Waals surface area contributed by atoms with Crippen LogP contribution in [0.2, 0.25) is 10.0 Å². The molecule has 1 unspecified atom stereocenters. The summed E-state index contributed by atoms with van der Waals surface area (Å²) in [6.45, 7) is 0. The number of nitrogens with two attached hydrogens (primary N) is 1. The monoisotopic (exact) mass is 305 g/mol. The Hall–Kier alpha value is -1.55. The van der Waals surface area contributed by atoms with Gasteiger partial charge in [-0.3, -0.25) is 0 Å². The number of halogens is 2. The van der Waals surface area contributed by atoms with E-state index in [2.05, 4.69) is 4.98 Å². The molecule has 1 aromatic heterocycles. The molecule has 0 bridgehead atoms. The van der Waals surface area contributed by atoms with Crippen molar-refractivity contribution in [2.75, 3.05) is 0 Å². The Labute approximate surface area is 126 Å². The topological polar surface area (TPSA) is 43.8 Å². The Morgan fingerprint density at radius 1 is 1.10 bits per heavy atom. The van der Waals surface area contributed by atoms with E-state index in [9.17, 15) is 0 Å². The van der Waals surface area contributed by atoms with Crippen LogP contribution in [0.4, 0.5) is 0 Å². The Bertz CT molecular complexity index is 780. The maximum absolute atomic E-state index is 6.31. The lowest BCUT2D eigenvalue weighted by atomic mass is 10.1. The molecule has 0 aliphatic heterocycles. The van der Waals surface area contributed by atoms with Crippen molar-refractivity contribution < 1.29 is 0 Å². The molecule has 0 saturated heterocycles. The molecule has 20 heavy (non-hydrogen) atoms. The van der Waals surface area contributed by atoms with Crippen LogP contribution < -0.4 is 5.73 Å². The minimum Gasteiger partial charge on any atom is -0.330 e. The molecule has 3 nitrogen and oxygen atoms in total. The van der Waals surface area contributed by atoms with Gasteiger partial charge in [0.1, 0.15) is 5.82 Å². The molecular formula is C15H13Cl2N3. The van der Waals surface area contributed by atoms with E-state index in [1.54, 1.807) is 12.1 Å². The fourth-order valence-electron chi connectivity index (χ4n) is 2.30. The third kappa shape index (κ3) is 2.18. The number of rotatable bonds is 2. The lowest BCUT2D eigenvalue weighted by Crippen LogP contribution is -2.16. The van der Waals surface area contributed by atoms with E-state index in [1.165, 1.54) is 0 Å². The Morgan fingerprint density at radius 3 is 2.55 bits per heavy atom. The van der Waals surface area contributed by atoms with Gasteiger partial charge in [-0.25, -0.2) is 4.98 Å². The summed E-state index contributed by atoms with van der Waals surface area (Å²) in [6.07, 6.45) is 0. The summed E-state index contributed by atoms with van der Waals surface area (Å²) in [5.41, 5.74) is 9.19. The first-order valence-electron chi connectivity index (χ1n) is 6.20. The zero-order valence-electron chi connectivity index (χ0n) is 10.8. The predicted octanol–water partition coefficient (Wildman–Crippen LogP) is 3.93. The van der Waals surface area contributed by atoms with Crippen molar-refractivity contribution >= 4 is 34.2 Å². The largest absolute Gasteiger partial charge is 0.330 e. The molecule has 0 aliphatic rings. The van der Waals surface area contributed by atoms with Gasteiger partial charge >= 0.3 is 0 Å². The van der Waals surface area contributed by atoms with E-state index >= 15 is 0 Å². The van der Waals surface area contributed by atoms with Gasteiger partial charge in [0.25, 0.3) is 0 Å². The molecule has 0 amide bonds. The van der Waals surface area contributed by atoms with Gasteiger partial charge in [0, 0.05) is 7.05 Å². The number of imidazole rings is 1. The third-order valence-corrected chi connectivity index (χ3v) is 4.14. The molecule has 0 radical (unpaired) electrons. The van der Waals surface area contributed by atoms with Crippen LogP contribution in [-0.4, -0.2) is 9.55 Å². The van der Waals surface area contributed by atoms with Gasteiger partial charge in [-0.15, -0.1) is 0 Å². The normalized spacial score (nSPS) is 12.8. The molecule has 0 saturated carbocycles. The predicted molar refractivity (Wildman–Crippen MR) is 83.2 cm³/mol. The summed E-state index contributed by atoms with van der Waals surface area (Å²) >= 11 is 12.0. The summed E-state index contributed by atoms with van der Waals surface area (Å²) in [4.78, 5) is 4.60. The molecule has 3 rings (SSSR count).